The van der Waals surface area contributed by atoms with Crippen LogP contribution in [0.2, 0.25) is 0 Å². The quantitative estimate of drug-likeness (QED) is 0.719. The van der Waals surface area contributed by atoms with Gasteiger partial charge < -0.3 is 9.64 Å². The molecular weight excluding hydrogens is 302 g/mol. The summed E-state index contributed by atoms with van der Waals surface area (Å²) in [5.74, 6) is -0.213. The molecule has 1 amide bonds. The minimum Gasteiger partial charge on any atom is -0.469 e. The van der Waals surface area contributed by atoms with E-state index in [0.29, 0.717) is 13.1 Å². The van der Waals surface area contributed by atoms with Gasteiger partial charge in [-0.1, -0.05) is 56.5 Å². The molecule has 0 spiro atoms. The SMILES string of the molecule is COC(=O)C(C)CN(CCc1ccccc1)C(=O)C1CCCCC1. The molecule has 1 saturated carbocycles. The van der Waals surface area contributed by atoms with E-state index in [0.717, 1.165) is 32.1 Å². The number of hydrogen-bond acceptors (Lipinski definition) is 3. The Hall–Kier alpha value is -1.84. The highest BCUT2D eigenvalue weighted by atomic mass is 16.5. The van der Waals surface area contributed by atoms with E-state index in [1.165, 1.54) is 19.1 Å². The van der Waals surface area contributed by atoms with Gasteiger partial charge in [-0.3, -0.25) is 9.59 Å². The topological polar surface area (TPSA) is 46.6 Å². The Labute approximate surface area is 145 Å². The van der Waals surface area contributed by atoms with Crippen LogP contribution in [0.1, 0.15) is 44.6 Å². The van der Waals surface area contributed by atoms with Gasteiger partial charge in [0.25, 0.3) is 0 Å². The van der Waals surface area contributed by atoms with Crippen molar-refractivity contribution in [2.45, 2.75) is 45.4 Å². The lowest BCUT2D eigenvalue weighted by molar-refractivity contribution is -0.147. The first kappa shape index (κ1) is 18.5. The molecule has 1 unspecified atom stereocenters. The number of methoxy groups -OCH3 is 1. The zero-order chi connectivity index (χ0) is 17.4. The average Bonchev–Trinajstić information content (AvgIpc) is 2.65. The number of ether oxygens (including phenoxy) is 1. The Morgan fingerprint density at radius 2 is 1.83 bits per heavy atom. The summed E-state index contributed by atoms with van der Waals surface area (Å²) in [4.78, 5) is 26.6. The van der Waals surface area contributed by atoms with E-state index in [9.17, 15) is 9.59 Å². The fraction of sp³-hybridized carbons (Fsp3) is 0.600. The van der Waals surface area contributed by atoms with Crippen molar-refractivity contribution in [1.29, 1.82) is 0 Å². The summed E-state index contributed by atoms with van der Waals surface area (Å²) in [6.07, 6.45) is 6.27. The highest BCUT2D eigenvalue weighted by Gasteiger charge is 2.28. The average molecular weight is 331 g/mol. The Morgan fingerprint density at radius 1 is 1.17 bits per heavy atom. The number of nitrogens with zero attached hydrogens (tertiary/aromatic N) is 1. The third-order valence-electron chi connectivity index (χ3n) is 4.88. The van der Waals surface area contributed by atoms with Crippen LogP contribution >= 0.6 is 0 Å². The van der Waals surface area contributed by atoms with E-state index in [1.807, 2.05) is 30.0 Å². The molecule has 0 heterocycles. The van der Waals surface area contributed by atoms with Gasteiger partial charge in [-0.25, -0.2) is 0 Å². The molecule has 1 atom stereocenters. The van der Waals surface area contributed by atoms with Crippen molar-refractivity contribution in [2.24, 2.45) is 11.8 Å². The Balaban J connectivity index is 2.01. The van der Waals surface area contributed by atoms with Crippen LogP contribution in [0.4, 0.5) is 0 Å². The summed E-state index contributed by atoms with van der Waals surface area (Å²) in [6, 6.07) is 10.2. The maximum absolute atomic E-state index is 12.9. The first-order valence-corrected chi connectivity index (χ1v) is 9.02. The lowest BCUT2D eigenvalue weighted by Crippen LogP contribution is -2.42. The smallest absolute Gasteiger partial charge is 0.310 e. The van der Waals surface area contributed by atoms with E-state index >= 15 is 0 Å². The van der Waals surface area contributed by atoms with E-state index in [2.05, 4.69) is 12.1 Å². The van der Waals surface area contributed by atoms with Crippen LogP contribution in [0, 0.1) is 11.8 Å². The number of benzene rings is 1. The third kappa shape index (κ3) is 5.36. The minimum absolute atomic E-state index is 0.124. The molecule has 1 aromatic rings. The molecule has 4 heteroatoms. The van der Waals surface area contributed by atoms with E-state index in [-0.39, 0.29) is 23.7 Å². The molecule has 0 radical (unpaired) electrons. The van der Waals surface area contributed by atoms with Crippen LogP contribution in [0.5, 0.6) is 0 Å². The van der Waals surface area contributed by atoms with Crippen molar-refractivity contribution in [2.75, 3.05) is 20.2 Å². The highest BCUT2D eigenvalue weighted by Crippen LogP contribution is 2.26. The third-order valence-corrected chi connectivity index (χ3v) is 4.88. The molecule has 0 bridgehead atoms. The van der Waals surface area contributed by atoms with Gasteiger partial charge in [-0.15, -0.1) is 0 Å². The van der Waals surface area contributed by atoms with Crippen molar-refractivity contribution < 1.29 is 14.3 Å². The Kier molecular flexibility index (Phi) is 7.29. The molecule has 24 heavy (non-hydrogen) atoms. The summed E-state index contributed by atoms with van der Waals surface area (Å²) < 4.78 is 4.82. The second kappa shape index (κ2) is 9.45. The van der Waals surface area contributed by atoms with Crippen molar-refractivity contribution >= 4 is 11.9 Å². The standard InChI is InChI=1S/C20H29NO3/c1-16(20(23)24-2)15-21(14-13-17-9-5-3-6-10-17)19(22)18-11-7-4-8-12-18/h3,5-6,9-10,16,18H,4,7-8,11-15H2,1-2H3. The van der Waals surface area contributed by atoms with Crippen LogP contribution < -0.4 is 0 Å². The molecule has 1 aromatic carbocycles. The molecule has 1 aliphatic carbocycles. The number of esters is 1. The maximum atomic E-state index is 12.9. The van der Waals surface area contributed by atoms with Crippen LogP contribution in [-0.2, 0) is 20.7 Å². The number of amides is 1. The van der Waals surface area contributed by atoms with Crippen molar-refractivity contribution in [3.63, 3.8) is 0 Å². The van der Waals surface area contributed by atoms with E-state index in [4.69, 9.17) is 4.74 Å². The van der Waals surface area contributed by atoms with Crippen LogP contribution in [-0.4, -0.2) is 37.0 Å². The summed E-state index contributed by atoms with van der Waals surface area (Å²) in [5.41, 5.74) is 1.21. The summed E-state index contributed by atoms with van der Waals surface area (Å²) in [5, 5.41) is 0. The van der Waals surface area contributed by atoms with Crippen molar-refractivity contribution in [1.82, 2.24) is 4.90 Å². The normalized spacial score (nSPS) is 16.4. The van der Waals surface area contributed by atoms with Crippen molar-refractivity contribution in [3.05, 3.63) is 35.9 Å². The number of hydrogen-bond donors (Lipinski definition) is 0. The number of rotatable bonds is 7. The fourth-order valence-corrected chi connectivity index (χ4v) is 3.41. The zero-order valence-corrected chi connectivity index (χ0v) is 14.9. The molecular formula is C20H29NO3. The lowest BCUT2D eigenvalue weighted by atomic mass is 9.88. The molecule has 132 valence electrons. The zero-order valence-electron chi connectivity index (χ0n) is 14.9. The Morgan fingerprint density at radius 3 is 2.46 bits per heavy atom. The molecule has 1 aliphatic rings. The first-order chi connectivity index (χ1) is 11.6. The molecule has 0 saturated heterocycles. The fourth-order valence-electron chi connectivity index (χ4n) is 3.41. The largest absolute Gasteiger partial charge is 0.469 e. The van der Waals surface area contributed by atoms with Gasteiger partial charge in [-0.2, -0.15) is 0 Å². The van der Waals surface area contributed by atoms with Gasteiger partial charge in [0.1, 0.15) is 0 Å². The second-order valence-corrected chi connectivity index (χ2v) is 6.78. The van der Waals surface area contributed by atoms with E-state index < -0.39 is 0 Å². The monoisotopic (exact) mass is 331 g/mol. The molecule has 0 aromatic heterocycles. The lowest BCUT2D eigenvalue weighted by Gasteiger charge is -2.30. The first-order valence-electron chi connectivity index (χ1n) is 9.02. The maximum Gasteiger partial charge on any atom is 0.310 e. The van der Waals surface area contributed by atoms with Gasteiger partial charge in [0, 0.05) is 19.0 Å². The molecule has 1 fully saturated rings. The predicted octanol–water partition coefficient (Wildman–Crippen LogP) is 3.45. The summed E-state index contributed by atoms with van der Waals surface area (Å²) in [6.45, 7) is 2.92. The highest BCUT2D eigenvalue weighted by molar-refractivity contribution is 5.80. The van der Waals surface area contributed by atoms with Crippen LogP contribution in [0.3, 0.4) is 0 Å². The molecule has 4 nitrogen and oxygen atoms in total. The van der Waals surface area contributed by atoms with Crippen LogP contribution in [0.25, 0.3) is 0 Å². The number of carbonyl (C=O) groups excluding carboxylic acids is 2. The van der Waals surface area contributed by atoms with Crippen LogP contribution in [0.15, 0.2) is 30.3 Å². The molecule has 0 N–H and O–H groups in total. The van der Waals surface area contributed by atoms with Gasteiger partial charge in [-0.05, 0) is 24.8 Å². The summed E-state index contributed by atoms with van der Waals surface area (Å²) >= 11 is 0. The van der Waals surface area contributed by atoms with Gasteiger partial charge in [0.15, 0.2) is 0 Å². The second-order valence-electron chi connectivity index (χ2n) is 6.78. The van der Waals surface area contributed by atoms with Gasteiger partial charge in [0.05, 0.1) is 13.0 Å². The Bertz CT molecular complexity index is 523. The van der Waals surface area contributed by atoms with E-state index in [1.54, 1.807) is 0 Å². The van der Waals surface area contributed by atoms with Gasteiger partial charge >= 0.3 is 5.97 Å². The number of carbonyl (C=O) groups is 2. The predicted molar refractivity (Wildman–Crippen MR) is 94.5 cm³/mol. The van der Waals surface area contributed by atoms with Crippen molar-refractivity contribution in [3.8, 4) is 0 Å². The van der Waals surface area contributed by atoms with Gasteiger partial charge in [0.2, 0.25) is 5.91 Å². The molecule has 0 aliphatic heterocycles. The minimum atomic E-state index is -0.293. The molecule has 2 rings (SSSR count). The summed E-state index contributed by atoms with van der Waals surface area (Å²) in [7, 11) is 1.40.